The Hall–Kier alpha value is -0.530. The van der Waals surface area contributed by atoms with Gasteiger partial charge in [0.15, 0.2) is 0 Å². The zero-order valence-corrected chi connectivity index (χ0v) is 9.27. The first-order chi connectivity index (χ1) is 6.70. The molecule has 0 radical (unpaired) electrons. The van der Waals surface area contributed by atoms with Crippen LogP contribution in [0.15, 0.2) is 24.3 Å². The third-order valence-electron chi connectivity index (χ3n) is 3.00. The van der Waals surface area contributed by atoms with Gasteiger partial charge in [0, 0.05) is 10.6 Å². The molecule has 0 unspecified atom stereocenters. The zero-order valence-electron chi connectivity index (χ0n) is 8.52. The molecule has 1 aromatic carbocycles. The second-order valence-corrected chi connectivity index (χ2v) is 4.77. The molecule has 1 atom stereocenters. The highest BCUT2D eigenvalue weighted by molar-refractivity contribution is 6.31. The van der Waals surface area contributed by atoms with Crippen molar-refractivity contribution in [1.82, 2.24) is 5.32 Å². The van der Waals surface area contributed by atoms with E-state index < -0.39 is 0 Å². The molecule has 2 heteroatoms. The Morgan fingerprint density at radius 2 is 2.21 bits per heavy atom. The van der Waals surface area contributed by atoms with Gasteiger partial charge in [-0.2, -0.15) is 0 Å². The molecule has 1 nitrogen and oxygen atoms in total. The number of hydrogen-bond acceptors (Lipinski definition) is 1. The lowest BCUT2D eigenvalue weighted by atomic mass is 9.91. The molecule has 1 N–H and O–H groups in total. The molecular weight excluding hydrogens is 194 g/mol. The number of halogens is 1. The van der Waals surface area contributed by atoms with Gasteiger partial charge in [0.25, 0.3) is 0 Å². The minimum atomic E-state index is 0.255. The Morgan fingerprint density at radius 1 is 1.43 bits per heavy atom. The molecule has 0 saturated carbocycles. The van der Waals surface area contributed by atoms with Crippen molar-refractivity contribution in [2.45, 2.75) is 31.7 Å². The van der Waals surface area contributed by atoms with Crippen molar-refractivity contribution in [3.8, 4) is 0 Å². The molecule has 1 aliphatic rings. The van der Waals surface area contributed by atoms with E-state index >= 15 is 0 Å². The van der Waals surface area contributed by atoms with Crippen LogP contribution >= 0.6 is 11.6 Å². The number of nitrogens with one attached hydrogen (secondary N) is 1. The quantitative estimate of drug-likeness (QED) is 0.790. The van der Waals surface area contributed by atoms with E-state index in [9.17, 15) is 0 Å². The van der Waals surface area contributed by atoms with Crippen LogP contribution in [0.1, 0.15) is 25.3 Å². The summed E-state index contributed by atoms with van der Waals surface area (Å²) in [5, 5.41) is 4.44. The molecule has 1 aromatic rings. The first-order valence-electron chi connectivity index (χ1n) is 5.18. The Kier molecular flexibility index (Phi) is 2.80. The number of rotatable bonds is 2. The van der Waals surface area contributed by atoms with Gasteiger partial charge < -0.3 is 5.32 Å². The largest absolute Gasteiger partial charge is 0.311 e. The average Bonchev–Trinajstić information content (AvgIpc) is 2.57. The van der Waals surface area contributed by atoms with Crippen molar-refractivity contribution in [3.05, 3.63) is 34.9 Å². The van der Waals surface area contributed by atoms with Gasteiger partial charge in [-0.3, -0.25) is 0 Å². The molecule has 1 saturated heterocycles. The summed E-state index contributed by atoms with van der Waals surface area (Å²) in [4.78, 5) is 0. The molecule has 0 bridgehead atoms. The smallest absolute Gasteiger partial charge is 0.0438 e. The molecule has 0 aliphatic carbocycles. The van der Waals surface area contributed by atoms with E-state index in [4.69, 9.17) is 11.6 Å². The second kappa shape index (κ2) is 3.92. The van der Waals surface area contributed by atoms with Gasteiger partial charge in [-0.1, -0.05) is 29.8 Å². The van der Waals surface area contributed by atoms with E-state index in [1.807, 2.05) is 12.1 Å². The van der Waals surface area contributed by atoms with Crippen LogP contribution in [0.4, 0.5) is 0 Å². The van der Waals surface area contributed by atoms with Crippen molar-refractivity contribution in [1.29, 1.82) is 0 Å². The Labute approximate surface area is 90.5 Å². The Morgan fingerprint density at radius 3 is 2.86 bits per heavy atom. The van der Waals surface area contributed by atoms with Crippen LogP contribution in [0.2, 0.25) is 5.02 Å². The lowest BCUT2D eigenvalue weighted by Crippen LogP contribution is -2.38. The fourth-order valence-corrected chi connectivity index (χ4v) is 2.37. The molecule has 0 spiro atoms. The van der Waals surface area contributed by atoms with Crippen LogP contribution < -0.4 is 5.32 Å². The minimum absolute atomic E-state index is 0.255. The fourth-order valence-electron chi connectivity index (χ4n) is 2.17. The maximum atomic E-state index is 6.14. The van der Waals surface area contributed by atoms with Crippen molar-refractivity contribution in [2.75, 3.05) is 6.54 Å². The SMILES string of the molecule is C[C@]1(Cc2ccccc2Cl)CCCN1. The van der Waals surface area contributed by atoms with Crippen LogP contribution in [0.3, 0.4) is 0 Å². The summed E-state index contributed by atoms with van der Waals surface area (Å²) in [5.41, 5.74) is 1.51. The van der Waals surface area contributed by atoms with E-state index in [2.05, 4.69) is 24.4 Å². The van der Waals surface area contributed by atoms with Gasteiger partial charge >= 0.3 is 0 Å². The average molecular weight is 210 g/mol. The maximum Gasteiger partial charge on any atom is 0.0438 e. The third kappa shape index (κ3) is 2.10. The lowest BCUT2D eigenvalue weighted by molar-refractivity contribution is 0.413. The van der Waals surface area contributed by atoms with Gasteiger partial charge in [-0.15, -0.1) is 0 Å². The minimum Gasteiger partial charge on any atom is -0.311 e. The molecule has 1 fully saturated rings. The van der Waals surface area contributed by atoms with E-state index in [0.717, 1.165) is 18.0 Å². The number of benzene rings is 1. The molecule has 0 aromatic heterocycles. The van der Waals surface area contributed by atoms with Gasteiger partial charge in [0.2, 0.25) is 0 Å². The molecule has 1 aliphatic heterocycles. The van der Waals surface area contributed by atoms with Crippen molar-refractivity contribution < 1.29 is 0 Å². The predicted molar refractivity (Wildman–Crippen MR) is 60.8 cm³/mol. The molecule has 0 amide bonds. The van der Waals surface area contributed by atoms with Crippen LogP contribution in [0.25, 0.3) is 0 Å². The van der Waals surface area contributed by atoms with Gasteiger partial charge in [-0.25, -0.2) is 0 Å². The van der Waals surface area contributed by atoms with Gasteiger partial charge in [0.1, 0.15) is 0 Å². The summed E-state index contributed by atoms with van der Waals surface area (Å²) in [6.45, 7) is 3.42. The molecule has 76 valence electrons. The summed E-state index contributed by atoms with van der Waals surface area (Å²) >= 11 is 6.14. The number of hydrogen-bond donors (Lipinski definition) is 1. The Balaban J connectivity index is 2.14. The topological polar surface area (TPSA) is 12.0 Å². The van der Waals surface area contributed by atoms with E-state index in [0.29, 0.717) is 0 Å². The van der Waals surface area contributed by atoms with Crippen molar-refractivity contribution >= 4 is 11.6 Å². The normalized spacial score (nSPS) is 26.7. The molecule has 2 rings (SSSR count). The van der Waals surface area contributed by atoms with Gasteiger partial charge in [-0.05, 0) is 44.4 Å². The fraction of sp³-hybridized carbons (Fsp3) is 0.500. The van der Waals surface area contributed by atoms with E-state index in [-0.39, 0.29) is 5.54 Å². The van der Waals surface area contributed by atoms with Gasteiger partial charge in [0.05, 0.1) is 0 Å². The zero-order chi connectivity index (χ0) is 10.0. The summed E-state index contributed by atoms with van der Waals surface area (Å²) in [6.07, 6.45) is 3.56. The summed E-state index contributed by atoms with van der Waals surface area (Å²) < 4.78 is 0. The first-order valence-corrected chi connectivity index (χ1v) is 5.56. The Bertz CT molecular complexity index is 316. The van der Waals surface area contributed by atoms with Crippen LogP contribution in [0, 0.1) is 0 Å². The van der Waals surface area contributed by atoms with E-state index in [1.165, 1.54) is 18.4 Å². The lowest BCUT2D eigenvalue weighted by Gasteiger charge is -2.24. The standard InChI is InChI=1S/C12H16ClN/c1-12(7-4-8-14-12)9-10-5-2-3-6-11(10)13/h2-3,5-6,14H,4,7-9H2,1H3/t12-/m1/s1. The summed E-state index contributed by atoms with van der Waals surface area (Å²) in [7, 11) is 0. The molecule has 1 heterocycles. The van der Waals surface area contributed by atoms with Crippen LogP contribution in [0.5, 0.6) is 0 Å². The predicted octanol–water partition coefficient (Wildman–Crippen LogP) is 3.02. The van der Waals surface area contributed by atoms with Crippen LogP contribution in [-0.4, -0.2) is 12.1 Å². The first kappa shape index (κ1) is 10.0. The van der Waals surface area contributed by atoms with Crippen LogP contribution in [-0.2, 0) is 6.42 Å². The second-order valence-electron chi connectivity index (χ2n) is 4.36. The highest BCUT2D eigenvalue weighted by Gasteiger charge is 2.28. The molecular formula is C12H16ClN. The highest BCUT2D eigenvalue weighted by Crippen LogP contribution is 2.26. The third-order valence-corrected chi connectivity index (χ3v) is 3.36. The van der Waals surface area contributed by atoms with E-state index in [1.54, 1.807) is 0 Å². The molecule has 14 heavy (non-hydrogen) atoms. The van der Waals surface area contributed by atoms with Crippen molar-refractivity contribution in [2.24, 2.45) is 0 Å². The maximum absolute atomic E-state index is 6.14. The monoisotopic (exact) mass is 209 g/mol. The van der Waals surface area contributed by atoms with Crippen molar-refractivity contribution in [3.63, 3.8) is 0 Å². The summed E-state index contributed by atoms with van der Waals surface area (Å²) in [6, 6.07) is 8.12. The summed E-state index contributed by atoms with van der Waals surface area (Å²) in [5.74, 6) is 0. The highest BCUT2D eigenvalue weighted by atomic mass is 35.5.